The highest BCUT2D eigenvalue weighted by atomic mass is 14.7. The van der Waals surface area contributed by atoms with E-state index in [4.69, 9.17) is 0 Å². The second kappa shape index (κ2) is 2.50. The van der Waals surface area contributed by atoms with E-state index in [1.165, 1.54) is 16.7 Å². The zero-order chi connectivity index (χ0) is 7.68. The molecular formula is C10H11N. The first kappa shape index (κ1) is 6.59. The molecule has 0 fully saturated rings. The molecular weight excluding hydrogens is 134 g/mol. The van der Waals surface area contributed by atoms with Gasteiger partial charge in [-0.2, -0.15) is 0 Å². The fourth-order valence-corrected chi connectivity index (χ4v) is 1.47. The largest absolute Gasteiger partial charge is 0.288 e. The summed E-state index contributed by atoms with van der Waals surface area (Å²) in [6.45, 7) is 3.03. The van der Waals surface area contributed by atoms with Gasteiger partial charge in [-0.3, -0.25) is 4.99 Å². The number of aliphatic imine (C=N–C) groups is 1. The summed E-state index contributed by atoms with van der Waals surface area (Å²) in [5.74, 6) is 0. The van der Waals surface area contributed by atoms with Crippen LogP contribution in [-0.2, 0) is 0 Å². The summed E-state index contributed by atoms with van der Waals surface area (Å²) in [4.78, 5) is 4.23. The molecule has 56 valence electrons. The van der Waals surface area contributed by atoms with E-state index in [0.29, 0.717) is 0 Å². The van der Waals surface area contributed by atoms with Gasteiger partial charge in [0.05, 0.1) is 6.54 Å². The maximum absolute atomic E-state index is 4.23. The van der Waals surface area contributed by atoms with Crippen molar-refractivity contribution in [2.45, 2.75) is 13.3 Å². The van der Waals surface area contributed by atoms with Gasteiger partial charge in [0.15, 0.2) is 0 Å². The average molecular weight is 145 g/mol. The van der Waals surface area contributed by atoms with Crippen LogP contribution in [0.2, 0.25) is 0 Å². The molecule has 1 nitrogen and oxygen atoms in total. The van der Waals surface area contributed by atoms with Crippen molar-refractivity contribution in [1.29, 1.82) is 0 Å². The SMILES string of the molecule is CC1=C2CN=CC2=CCC=C1. The summed E-state index contributed by atoms with van der Waals surface area (Å²) in [5.41, 5.74) is 4.09. The molecule has 0 radical (unpaired) electrons. The Morgan fingerprint density at radius 2 is 2.36 bits per heavy atom. The Hall–Kier alpha value is -1.11. The van der Waals surface area contributed by atoms with E-state index in [0.717, 1.165) is 13.0 Å². The van der Waals surface area contributed by atoms with Crippen molar-refractivity contribution in [2.75, 3.05) is 6.54 Å². The lowest BCUT2D eigenvalue weighted by atomic mass is 10.1. The molecule has 0 N–H and O–H groups in total. The first-order valence-electron chi connectivity index (χ1n) is 3.94. The fourth-order valence-electron chi connectivity index (χ4n) is 1.47. The molecule has 1 heterocycles. The second-order valence-corrected chi connectivity index (χ2v) is 2.93. The van der Waals surface area contributed by atoms with Gasteiger partial charge in [-0.25, -0.2) is 0 Å². The number of hydrogen-bond donors (Lipinski definition) is 0. The van der Waals surface area contributed by atoms with Crippen molar-refractivity contribution < 1.29 is 0 Å². The van der Waals surface area contributed by atoms with E-state index in [2.05, 4.69) is 30.1 Å². The Labute approximate surface area is 66.8 Å². The molecule has 1 heteroatoms. The maximum Gasteiger partial charge on any atom is 0.0648 e. The lowest BCUT2D eigenvalue weighted by molar-refractivity contribution is 1.20. The molecule has 2 aliphatic rings. The van der Waals surface area contributed by atoms with E-state index in [1.54, 1.807) is 0 Å². The standard InChI is InChI=1S/C10H11N/c1-8-4-2-3-5-9-6-11-7-10(8)9/h2,4-6H,3,7H2,1H3. The zero-order valence-electron chi connectivity index (χ0n) is 6.67. The van der Waals surface area contributed by atoms with Gasteiger partial charge in [-0.05, 0) is 30.1 Å². The smallest absolute Gasteiger partial charge is 0.0648 e. The average Bonchev–Trinajstić information content (AvgIpc) is 2.40. The quantitative estimate of drug-likeness (QED) is 0.496. The molecule has 0 aromatic carbocycles. The lowest BCUT2D eigenvalue weighted by Crippen LogP contribution is -1.88. The van der Waals surface area contributed by atoms with Crippen LogP contribution in [0.4, 0.5) is 0 Å². The van der Waals surface area contributed by atoms with Crippen LogP contribution in [0.1, 0.15) is 13.3 Å². The van der Waals surface area contributed by atoms with Crippen LogP contribution in [0.25, 0.3) is 0 Å². The first-order chi connectivity index (χ1) is 5.38. The molecule has 0 amide bonds. The molecule has 0 unspecified atom stereocenters. The molecule has 0 saturated carbocycles. The predicted molar refractivity (Wildman–Crippen MR) is 47.9 cm³/mol. The highest BCUT2D eigenvalue weighted by Crippen LogP contribution is 2.22. The molecule has 0 aromatic rings. The summed E-state index contributed by atoms with van der Waals surface area (Å²) in [7, 11) is 0. The Morgan fingerprint density at radius 3 is 3.27 bits per heavy atom. The predicted octanol–water partition coefficient (Wildman–Crippen LogP) is 2.27. The topological polar surface area (TPSA) is 12.4 Å². The van der Waals surface area contributed by atoms with E-state index >= 15 is 0 Å². The van der Waals surface area contributed by atoms with Crippen LogP contribution in [0, 0.1) is 0 Å². The Morgan fingerprint density at radius 1 is 1.45 bits per heavy atom. The van der Waals surface area contributed by atoms with Gasteiger partial charge in [0.1, 0.15) is 0 Å². The van der Waals surface area contributed by atoms with Gasteiger partial charge in [0.25, 0.3) is 0 Å². The van der Waals surface area contributed by atoms with Crippen molar-refractivity contribution in [1.82, 2.24) is 0 Å². The summed E-state index contributed by atoms with van der Waals surface area (Å²) >= 11 is 0. The van der Waals surface area contributed by atoms with Crippen molar-refractivity contribution in [2.24, 2.45) is 4.99 Å². The summed E-state index contributed by atoms with van der Waals surface area (Å²) in [5, 5.41) is 0. The molecule has 1 aliphatic carbocycles. The third kappa shape index (κ3) is 1.07. The van der Waals surface area contributed by atoms with Gasteiger partial charge in [-0.1, -0.05) is 18.2 Å². The van der Waals surface area contributed by atoms with Crippen LogP contribution in [0.3, 0.4) is 0 Å². The van der Waals surface area contributed by atoms with E-state index < -0.39 is 0 Å². The van der Waals surface area contributed by atoms with Crippen molar-refractivity contribution in [3.8, 4) is 0 Å². The number of rotatable bonds is 0. The highest BCUT2D eigenvalue weighted by Gasteiger charge is 2.11. The Balaban J connectivity index is 2.48. The molecule has 0 bridgehead atoms. The van der Waals surface area contributed by atoms with E-state index in [1.807, 2.05) is 6.21 Å². The molecule has 11 heavy (non-hydrogen) atoms. The highest BCUT2D eigenvalue weighted by molar-refractivity contribution is 5.88. The van der Waals surface area contributed by atoms with Crippen LogP contribution in [0.15, 0.2) is 39.9 Å². The van der Waals surface area contributed by atoms with Gasteiger partial charge in [-0.15, -0.1) is 0 Å². The van der Waals surface area contributed by atoms with Gasteiger partial charge < -0.3 is 0 Å². The number of nitrogens with zero attached hydrogens (tertiary/aromatic N) is 1. The fraction of sp³-hybridized carbons (Fsp3) is 0.300. The Kier molecular flexibility index (Phi) is 1.50. The molecule has 0 spiro atoms. The minimum Gasteiger partial charge on any atom is -0.288 e. The minimum absolute atomic E-state index is 0.877. The van der Waals surface area contributed by atoms with E-state index in [-0.39, 0.29) is 0 Å². The zero-order valence-corrected chi connectivity index (χ0v) is 6.67. The number of fused-ring (bicyclic) bond motifs is 1. The molecule has 2 rings (SSSR count). The van der Waals surface area contributed by atoms with E-state index in [9.17, 15) is 0 Å². The number of allylic oxidation sites excluding steroid dienone is 4. The third-order valence-corrected chi connectivity index (χ3v) is 2.15. The van der Waals surface area contributed by atoms with Gasteiger partial charge >= 0.3 is 0 Å². The molecule has 0 atom stereocenters. The Bertz CT molecular complexity index is 287. The summed E-state index contributed by atoms with van der Waals surface area (Å²) < 4.78 is 0. The minimum atomic E-state index is 0.877. The van der Waals surface area contributed by atoms with Crippen molar-refractivity contribution >= 4 is 6.21 Å². The van der Waals surface area contributed by atoms with Crippen LogP contribution < -0.4 is 0 Å². The third-order valence-electron chi connectivity index (χ3n) is 2.15. The first-order valence-corrected chi connectivity index (χ1v) is 3.94. The van der Waals surface area contributed by atoms with Gasteiger partial charge in [0, 0.05) is 6.21 Å². The van der Waals surface area contributed by atoms with Crippen LogP contribution in [0.5, 0.6) is 0 Å². The van der Waals surface area contributed by atoms with Crippen LogP contribution in [-0.4, -0.2) is 12.8 Å². The van der Waals surface area contributed by atoms with Gasteiger partial charge in [0.2, 0.25) is 0 Å². The maximum atomic E-state index is 4.23. The van der Waals surface area contributed by atoms with Crippen LogP contribution >= 0.6 is 0 Å². The molecule has 0 saturated heterocycles. The monoisotopic (exact) mass is 145 g/mol. The molecule has 1 aliphatic heterocycles. The molecule has 0 aromatic heterocycles. The summed E-state index contributed by atoms with van der Waals surface area (Å²) in [6.07, 6.45) is 9.64. The second-order valence-electron chi connectivity index (χ2n) is 2.93. The van der Waals surface area contributed by atoms with Crippen molar-refractivity contribution in [3.05, 3.63) is 34.9 Å². The number of hydrogen-bond acceptors (Lipinski definition) is 1. The summed E-state index contributed by atoms with van der Waals surface area (Å²) in [6, 6.07) is 0. The normalized spacial score (nSPS) is 21.7. The lowest BCUT2D eigenvalue weighted by Gasteiger charge is -1.98. The van der Waals surface area contributed by atoms with Crippen molar-refractivity contribution in [3.63, 3.8) is 0 Å².